The molecule has 66 valence electrons. The molecule has 0 spiro atoms. The monoisotopic (exact) mass is 159 g/mol. The zero-order valence-electron chi connectivity index (χ0n) is 6.88. The molecule has 11 heavy (non-hydrogen) atoms. The van der Waals surface area contributed by atoms with Crippen LogP contribution in [0.5, 0.6) is 0 Å². The first-order valence-corrected chi connectivity index (χ1v) is 4.43. The Bertz CT molecular complexity index is 92.1. The highest BCUT2D eigenvalue weighted by Gasteiger charge is 2.13. The van der Waals surface area contributed by atoms with E-state index in [9.17, 15) is 0 Å². The number of rotatable bonds is 4. The third-order valence-corrected chi connectivity index (χ3v) is 2.02. The van der Waals surface area contributed by atoms with E-state index in [0.717, 1.165) is 0 Å². The Balaban J connectivity index is 1.96. The van der Waals surface area contributed by atoms with E-state index in [0.29, 0.717) is 12.6 Å². The zero-order valence-corrected chi connectivity index (χ0v) is 6.88. The smallest absolute Gasteiger partial charge is 0.0790 e. The molecule has 1 fully saturated rings. The molecule has 1 rings (SSSR count). The predicted octanol–water partition coefficient (Wildman–Crippen LogP) is 0.833. The van der Waals surface area contributed by atoms with Crippen molar-refractivity contribution in [2.24, 2.45) is 0 Å². The number of hydrogen-bond acceptors (Lipinski definition) is 3. The molecule has 1 aliphatic rings. The Hall–Kier alpha value is -0.120. The fourth-order valence-electron chi connectivity index (χ4n) is 1.41. The van der Waals surface area contributed by atoms with Gasteiger partial charge in [0.2, 0.25) is 0 Å². The average Bonchev–Trinajstić information content (AvgIpc) is 2.07. The van der Waals surface area contributed by atoms with Crippen LogP contribution in [0.15, 0.2) is 0 Å². The van der Waals surface area contributed by atoms with Crippen molar-refractivity contribution < 1.29 is 9.94 Å². The third-order valence-electron chi connectivity index (χ3n) is 2.02. The van der Waals surface area contributed by atoms with Gasteiger partial charge in [-0.2, -0.15) is 5.48 Å². The zero-order chi connectivity index (χ0) is 7.94. The first kappa shape index (κ1) is 8.97. The van der Waals surface area contributed by atoms with Gasteiger partial charge in [0.25, 0.3) is 0 Å². The van der Waals surface area contributed by atoms with Gasteiger partial charge in [-0.1, -0.05) is 19.3 Å². The van der Waals surface area contributed by atoms with Crippen LogP contribution in [0.1, 0.15) is 32.1 Å². The van der Waals surface area contributed by atoms with Gasteiger partial charge in [0.15, 0.2) is 0 Å². The minimum Gasteiger partial charge on any atom is -0.395 e. The molecule has 0 unspecified atom stereocenters. The number of nitrogens with one attached hydrogen (secondary N) is 1. The van der Waals surface area contributed by atoms with Gasteiger partial charge in [-0.15, -0.1) is 0 Å². The summed E-state index contributed by atoms with van der Waals surface area (Å²) in [6, 6.07) is 0. The number of aliphatic hydroxyl groups excluding tert-OH is 1. The maximum absolute atomic E-state index is 8.45. The molecule has 3 heteroatoms. The second-order valence-corrected chi connectivity index (χ2v) is 3.00. The van der Waals surface area contributed by atoms with Crippen molar-refractivity contribution in [2.75, 3.05) is 13.2 Å². The number of hydroxylamine groups is 1. The lowest BCUT2D eigenvalue weighted by molar-refractivity contribution is -0.0460. The van der Waals surface area contributed by atoms with E-state index in [1.165, 1.54) is 32.1 Å². The van der Waals surface area contributed by atoms with Crippen molar-refractivity contribution in [1.29, 1.82) is 0 Å². The summed E-state index contributed by atoms with van der Waals surface area (Å²) in [6.45, 7) is 0.684. The molecule has 0 aromatic carbocycles. The van der Waals surface area contributed by atoms with Gasteiger partial charge in [0, 0.05) is 6.54 Å². The van der Waals surface area contributed by atoms with Crippen molar-refractivity contribution in [2.45, 2.75) is 38.2 Å². The Morgan fingerprint density at radius 1 is 1.27 bits per heavy atom. The minimum absolute atomic E-state index is 0.146. The maximum Gasteiger partial charge on any atom is 0.0790 e. The van der Waals surface area contributed by atoms with Crippen LogP contribution in [0.3, 0.4) is 0 Å². The van der Waals surface area contributed by atoms with Crippen LogP contribution in [0, 0.1) is 0 Å². The van der Waals surface area contributed by atoms with Gasteiger partial charge < -0.3 is 5.11 Å². The maximum atomic E-state index is 8.45. The lowest BCUT2D eigenvalue weighted by atomic mass is 9.98. The van der Waals surface area contributed by atoms with E-state index < -0.39 is 0 Å². The summed E-state index contributed by atoms with van der Waals surface area (Å²) in [6.07, 6.45) is 6.63. The van der Waals surface area contributed by atoms with E-state index >= 15 is 0 Å². The lowest BCUT2D eigenvalue weighted by Crippen LogP contribution is -2.27. The summed E-state index contributed by atoms with van der Waals surface area (Å²) in [5.41, 5.74) is 2.75. The third kappa shape index (κ3) is 3.70. The van der Waals surface area contributed by atoms with Gasteiger partial charge in [-0.25, -0.2) is 0 Å². The van der Waals surface area contributed by atoms with E-state index in [2.05, 4.69) is 5.48 Å². The quantitative estimate of drug-likeness (QED) is 0.471. The molecular weight excluding hydrogens is 142 g/mol. The van der Waals surface area contributed by atoms with Crippen molar-refractivity contribution >= 4 is 0 Å². The Kier molecular flexibility index (Phi) is 4.50. The molecule has 0 aromatic rings. The van der Waals surface area contributed by atoms with Crippen LogP contribution >= 0.6 is 0 Å². The minimum atomic E-state index is 0.146. The average molecular weight is 159 g/mol. The molecule has 0 radical (unpaired) electrons. The van der Waals surface area contributed by atoms with E-state index in [1.807, 2.05) is 0 Å². The highest BCUT2D eigenvalue weighted by atomic mass is 16.7. The molecule has 0 aliphatic heterocycles. The van der Waals surface area contributed by atoms with Crippen molar-refractivity contribution in [3.8, 4) is 0 Å². The van der Waals surface area contributed by atoms with Crippen molar-refractivity contribution in [3.05, 3.63) is 0 Å². The number of aliphatic hydroxyl groups is 1. The summed E-state index contributed by atoms with van der Waals surface area (Å²) in [5, 5.41) is 8.45. The summed E-state index contributed by atoms with van der Waals surface area (Å²) < 4.78 is 0. The molecule has 0 saturated heterocycles. The predicted molar refractivity (Wildman–Crippen MR) is 43.0 cm³/mol. The van der Waals surface area contributed by atoms with E-state index in [4.69, 9.17) is 9.94 Å². The second-order valence-electron chi connectivity index (χ2n) is 3.00. The Labute approximate surface area is 67.7 Å². The molecule has 1 aliphatic carbocycles. The van der Waals surface area contributed by atoms with Crippen LogP contribution in [0.4, 0.5) is 0 Å². The van der Waals surface area contributed by atoms with Gasteiger partial charge in [-0.3, -0.25) is 4.84 Å². The van der Waals surface area contributed by atoms with Crippen LogP contribution in [-0.2, 0) is 4.84 Å². The molecular formula is C8H17NO2. The van der Waals surface area contributed by atoms with E-state index in [1.54, 1.807) is 0 Å². The molecule has 0 bridgehead atoms. The van der Waals surface area contributed by atoms with Crippen molar-refractivity contribution in [1.82, 2.24) is 5.48 Å². The topological polar surface area (TPSA) is 41.5 Å². The summed E-state index contributed by atoms with van der Waals surface area (Å²) in [4.78, 5) is 5.31. The van der Waals surface area contributed by atoms with Crippen LogP contribution < -0.4 is 5.48 Å². The SMILES string of the molecule is OCCNOC1CCCCC1. The molecule has 1 saturated carbocycles. The standard InChI is InChI=1S/C8H17NO2/c10-7-6-9-11-8-4-2-1-3-5-8/h8-10H,1-7H2. The molecule has 0 heterocycles. The van der Waals surface area contributed by atoms with Gasteiger partial charge in [-0.05, 0) is 12.8 Å². The fourth-order valence-corrected chi connectivity index (χ4v) is 1.41. The second kappa shape index (κ2) is 5.52. The van der Waals surface area contributed by atoms with Crippen LogP contribution in [-0.4, -0.2) is 24.4 Å². The van der Waals surface area contributed by atoms with Crippen LogP contribution in [0.25, 0.3) is 0 Å². The fraction of sp³-hybridized carbons (Fsp3) is 1.00. The van der Waals surface area contributed by atoms with E-state index in [-0.39, 0.29) is 6.61 Å². The van der Waals surface area contributed by atoms with Crippen LogP contribution in [0.2, 0.25) is 0 Å². The molecule has 0 aromatic heterocycles. The first-order chi connectivity index (χ1) is 5.43. The molecule has 0 amide bonds. The molecule has 0 atom stereocenters. The highest BCUT2D eigenvalue weighted by molar-refractivity contribution is 4.63. The Morgan fingerprint density at radius 2 is 2.00 bits per heavy atom. The summed E-state index contributed by atoms with van der Waals surface area (Å²) in [5.74, 6) is 0. The van der Waals surface area contributed by atoms with Gasteiger partial charge >= 0.3 is 0 Å². The summed E-state index contributed by atoms with van der Waals surface area (Å²) in [7, 11) is 0. The lowest BCUT2D eigenvalue weighted by Gasteiger charge is -2.21. The normalized spacial score (nSPS) is 20.5. The molecule has 3 nitrogen and oxygen atoms in total. The van der Waals surface area contributed by atoms with Crippen molar-refractivity contribution in [3.63, 3.8) is 0 Å². The summed E-state index contributed by atoms with van der Waals surface area (Å²) >= 11 is 0. The van der Waals surface area contributed by atoms with Gasteiger partial charge in [0.05, 0.1) is 12.7 Å². The molecule has 2 N–H and O–H groups in total. The Morgan fingerprint density at radius 3 is 2.64 bits per heavy atom. The van der Waals surface area contributed by atoms with Gasteiger partial charge in [0.1, 0.15) is 0 Å². The first-order valence-electron chi connectivity index (χ1n) is 4.43. The number of hydrogen-bond donors (Lipinski definition) is 2. The largest absolute Gasteiger partial charge is 0.395 e. The highest BCUT2D eigenvalue weighted by Crippen LogP contribution is 2.19.